The summed E-state index contributed by atoms with van der Waals surface area (Å²) in [7, 11) is 0. The first-order chi connectivity index (χ1) is 3.77. The van der Waals surface area contributed by atoms with Crippen molar-refractivity contribution in [3.05, 3.63) is 47.9 Å². The summed E-state index contributed by atoms with van der Waals surface area (Å²) < 4.78 is 0. The Morgan fingerprint density at radius 2 is 1.62 bits per heavy atom. The molecule has 0 nitrogen and oxygen atoms in total. The Labute approximate surface area is 48.8 Å². The molecule has 0 heteroatoms. The van der Waals surface area contributed by atoms with Crippen LogP contribution in [0.1, 0.15) is 0 Å². The zero-order valence-electron chi connectivity index (χ0n) is 4.62. The molecule has 0 heterocycles. The van der Waals surface area contributed by atoms with Crippen molar-refractivity contribution in [2.75, 3.05) is 0 Å². The minimum atomic E-state index is 0.986. The van der Waals surface area contributed by atoms with Crippen LogP contribution >= 0.6 is 0 Å². The third-order valence-corrected chi connectivity index (χ3v) is 1.12. The highest BCUT2D eigenvalue weighted by Crippen LogP contribution is 2.39. The molecule has 0 N–H and O–H groups in total. The maximum atomic E-state index is 3.68. The van der Waals surface area contributed by atoms with Gasteiger partial charge in [-0.05, 0) is 17.7 Å². The standard InChI is InChI=1S/C8H6/c1-4-5-8-6(2)7(8)3/h1-3H2. The van der Waals surface area contributed by atoms with Crippen LogP contribution in [0.3, 0.4) is 0 Å². The number of hydrogen-bond acceptors (Lipinski definition) is 0. The van der Waals surface area contributed by atoms with Gasteiger partial charge < -0.3 is 0 Å². The summed E-state index contributed by atoms with van der Waals surface area (Å²) in [6.45, 7) is 10.7. The first-order valence-corrected chi connectivity index (χ1v) is 2.31. The van der Waals surface area contributed by atoms with E-state index in [9.17, 15) is 0 Å². The summed E-state index contributed by atoms with van der Waals surface area (Å²) in [4.78, 5) is 0. The molecule has 0 aromatic rings. The van der Waals surface area contributed by atoms with Crippen LogP contribution in [0, 0.1) is 0 Å². The highest BCUT2D eigenvalue weighted by atomic mass is 14.2. The van der Waals surface area contributed by atoms with E-state index >= 15 is 0 Å². The second kappa shape index (κ2) is 1.38. The normalized spacial score (nSPS) is 15.2. The Hall–Kier alpha value is -1.22. The van der Waals surface area contributed by atoms with Gasteiger partial charge in [0.15, 0.2) is 0 Å². The fourth-order valence-electron chi connectivity index (χ4n) is 0.510. The summed E-state index contributed by atoms with van der Waals surface area (Å²) in [5, 5.41) is 0. The Morgan fingerprint density at radius 3 is 1.75 bits per heavy atom. The lowest BCUT2D eigenvalue weighted by Gasteiger charge is -1.46. The minimum Gasteiger partial charge on any atom is -0.0899 e. The largest absolute Gasteiger partial charge is 0.0899 e. The van der Waals surface area contributed by atoms with Gasteiger partial charge in [0.25, 0.3) is 0 Å². The molecule has 0 aromatic carbocycles. The van der Waals surface area contributed by atoms with E-state index in [-0.39, 0.29) is 0 Å². The van der Waals surface area contributed by atoms with Gasteiger partial charge in [-0.25, -0.2) is 0 Å². The number of allylic oxidation sites excluding steroid dienone is 3. The van der Waals surface area contributed by atoms with Crippen molar-refractivity contribution in [3.63, 3.8) is 0 Å². The molecule has 0 unspecified atom stereocenters. The summed E-state index contributed by atoms with van der Waals surface area (Å²) in [6.07, 6.45) is 0. The van der Waals surface area contributed by atoms with Gasteiger partial charge in [-0.3, -0.25) is 0 Å². The van der Waals surface area contributed by atoms with Crippen molar-refractivity contribution in [3.8, 4) is 0 Å². The van der Waals surface area contributed by atoms with E-state index in [0.29, 0.717) is 0 Å². The van der Waals surface area contributed by atoms with Crippen molar-refractivity contribution in [1.29, 1.82) is 0 Å². The first-order valence-electron chi connectivity index (χ1n) is 2.31. The monoisotopic (exact) mass is 102 g/mol. The molecule has 0 atom stereocenters. The average molecular weight is 102 g/mol. The van der Waals surface area contributed by atoms with E-state index in [4.69, 9.17) is 0 Å². The molecule has 0 aliphatic heterocycles. The highest BCUT2D eigenvalue weighted by molar-refractivity contribution is 5.75. The molecule has 0 aromatic heterocycles. The van der Waals surface area contributed by atoms with Crippen molar-refractivity contribution < 1.29 is 0 Å². The second-order valence-electron chi connectivity index (χ2n) is 1.63. The van der Waals surface area contributed by atoms with E-state index < -0.39 is 0 Å². The maximum absolute atomic E-state index is 3.68. The zero-order valence-corrected chi connectivity index (χ0v) is 4.62. The van der Waals surface area contributed by atoms with Gasteiger partial charge in [0.1, 0.15) is 0 Å². The fraction of sp³-hybridized carbons (Fsp3) is 0. The molecule has 0 amide bonds. The lowest BCUT2D eigenvalue weighted by atomic mass is 10.6. The highest BCUT2D eigenvalue weighted by Gasteiger charge is 2.23. The van der Waals surface area contributed by atoms with Crippen molar-refractivity contribution in [1.82, 2.24) is 0 Å². The topological polar surface area (TPSA) is 0 Å². The SMILES string of the molecule is C=C=C=C1C(=C)C1=C. The first kappa shape index (κ1) is 4.93. The molecular weight excluding hydrogens is 96.1 g/mol. The molecular formula is C8H6. The van der Waals surface area contributed by atoms with Crippen molar-refractivity contribution >= 4 is 0 Å². The second-order valence-corrected chi connectivity index (χ2v) is 1.63. The van der Waals surface area contributed by atoms with Crippen molar-refractivity contribution in [2.24, 2.45) is 0 Å². The molecule has 0 saturated heterocycles. The number of rotatable bonds is 0. The molecule has 38 valence electrons. The van der Waals surface area contributed by atoms with E-state index in [2.05, 4.69) is 31.2 Å². The van der Waals surface area contributed by atoms with Crippen LogP contribution in [0.4, 0.5) is 0 Å². The third kappa shape index (κ3) is 0.492. The van der Waals surface area contributed by atoms with Gasteiger partial charge in [-0.15, -0.1) is 0 Å². The lowest BCUT2D eigenvalue weighted by Crippen LogP contribution is -1.29. The van der Waals surface area contributed by atoms with Gasteiger partial charge in [-0.1, -0.05) is 24.6 Å². The van der Waals surface area contributed by atoms with Crippen LogP contribution in [-0.4, -0.2) is 0 Å². The van der Waals surface area contributed by atoms with E-state index in [1.807, 2.05) is 0 Å². The van der Waals surface area contributed by atoms with E-state index in [1.165, 1.54) is 0 Å². The predicted octanol–water partition coefficient (Wildman–Crippen LogP) is 1.98. The van der Waals surface area contributed by atoms with Gasteiger partial charge in [-0.2, -0.15) is 0 Å². The maximum Gasteiger partial charge on any atom is 0.0394 e. The van der Waals surface area contributed by atoms with Crippen LogP contribution < -0.4 is 0 Å². The molecule has 0 bridgehead atoms. The Kier molecular flexibility index (Phi) is 0.850. The van der Waals surface area contributed by atoms with Crippen LogP contribution in [0.15, 0.2) is 47.9 Å². The summed E-state index contributed by atoms with van der Waals surface area (Å²) in [6, 6.07) is 0. The Bertz CT molecular complexity index is 225. The van der Waals surface area contributed by atoms with Crippen LogP contribution in [0.2, 0.25) is 0 Å². The molecule has 8 heavy (non-hydrogen) atoms. The molecule has 1 aliphatic rings. The van der Waals surface area contributed by atoms with Gasteiger partial charge in [0.2, 0.25) is 0 Å². The van der Waals surface area contributed by atoms with Gasteiger partial charge in [0.05, 0.1) is 0 Å². The molecule has 1 fully saturated rings. The van der Waals surface area contributed by atoms with E-state index in [1.54, 1.807) is 0 Å². The third-order valence-electron chi connectivity index (χ3n) is 1.12. The molecule has 0 radical (unpaired) electrons. The molecule has 1 rings (SSSR count). The summed E-state index contributed by atoms with van der Waals surface area (Å²) >= 11 is 0. The van der Waals surface area contributed by atoms with Gasteiger partial charge >= 0.3 is 0 Å². The van der Waals surface area contributed by atoms with Crippen molar-refractivity contribution in [2.45, 2.75) is 0 Å². The summed E-state index contributed by atoms with van der Waals surface area (Å²) in [5.74, 6) is 0. The molecule has 1 aliphatic carbocycles. The average Bonchev–Trinajstić information content (AvgIpc) is 2.25. The summed E-state index contributed by atoms with van der Waals surface area (Å²) in [5.41, 5.74) is 8.27. The molecule has 1 saturated carbocycles. The smallest absolute Gasteiger partial charge is 0.0394 e. The quantitative estimate of drug-likeness (QED) is 0.410. The zero-order chi connectivity index (χ0) is 6.15. The van der Waals surface area contributed by atoms with Gasteiger partial charge in [0, 0.05) is 5.57 Å². The number of hydrogen-bond donors (Lipinski definition) is 0. The predicted molar refractivity (Wildman–Crippen MR) is 34.4 cm³/mol. The van der Waals surface area contributed by atoms with Crippen LogP contribution in [0.5, 0.6) is 0 Å². The molecule has 0 spiro atoms. The Morgan fingerprint density at radius 1 is 1.12 bits per heavy atom. The van der Waals surface area contributed by atoms with Crippen LogP contribution in [0.25, 0.3) is 0 Å². The fourth-order valence-corrected chi connectivity index (χ4v) is 0.510. The minimum absolute atomic E-state index is 0.986. The lowest BCUT2D eigenvalue weighted by molar-refractivity contribution is 2.06. The van der Waals surface area contributed by atoms with Crippen LogP contribution in [-0.2, 0) is 0 Å². The van der Waals surface area contributed by atoms with E-state index in [0.717, 1.165) is 16.7 Å². The Balaban J connectivity index is 3.19.